The zero-order valence-corrected chi connectivity index (χ0v) is 39.6. The number of allylic oxidation sites excluding steroid dienone is 6. The van der Waals surface area contributed by atoms with Crippen molar-refractivity contribution in [1.82, 2.24) is 4.90 Å². The third-order valence-electron chi connectivity index (χ3n) is 12.5. The Morgan fingerprint density at radius 1 is 0.677 bits per heavy atom. The van der Waals surface area contributed by atoms with Gasteiger partial charge in [-0.05, 0) is 100 Å². The van der Waals surface area contributed by atoms with E-state index in [1.165, 1.54) is 5.56 Å². The molecule has 2 aromatic rings. The highest BCUT2D eigenvalue weighted by Crippen LogP contribution is 2.44. The summed E-state index contributed by atoms with van der Waals surface area (Å²) in [5, 5.41) is 15.3. The number of benzene rings is 2. The van der Waals surface area contributed by atoms with Gasteiger partial charge < -0.3 is 20.2 Å². The Kier molecular flexibility index (Phi) is 21.0. The lowest BCUT2D eigenvalue weighted by Gasteiger charge is -2.31. The highest BCUT2D eigenvalue weighted by Gasteiger charge is 2.40. The number of Topliss-reactive ketones (excluding diaryl/α,β-unsaturated/α-hetero) is 1. The summed E-state index contributed by atoms with van der Waals surface area (Å²) in [6.45, 7) is 19.6. The lowest BCUT2D eigenvalue weighted by molar-refractivity contribution is -0.122. The third-order valence-corrected chi connectivity index (χ3v) is 12.5. The number of unbranched alkanes of at least 4 members (excludes halogenated alkanes) is 8. The molecule has 0 spiro atoms. The zero-order chi connectivity index (χ0) is 45.0. The summed E-state index contributed by atoms with van der Waals surface area (Å²) in [6, 6.07) is 14.3. The largest absolute Gasteiger partial charge is 0.506 e. The molecule has 2 amide bonds. The number of amides is 2. The van der Waals surface area contributed by atoms with Crippen molar-refractivity contribution in [1.29, 1.82) is 0 Å². The standard InChI is InChI=1S/C54H78N4O4/c1-9-16-21-34-57(35-22-17-10-2)43-30-32-45(47(37-43)55-53(61)40(14-6)24-19-12-4)49-51(59)50(52(49)60)46-33-31-44(38-48(46)56-54(62)41(15-7)25-20-13-5)58(36-23-18-11-3)42-28-26-39(8)27-29-42/h26-33,37-38,40-41,59H,9-25,34-36H2,1-8H3,(H,56,62). The minimum absolute atomic E-state index is 0.0885. The molecule has 0 aliphatic heterocycles. The molecule has 4 rings (SSSR count). The summed E-state index contributed by atoms with van der Waals surface area (Å²) in [7, 11) is 0. The molecule has 0 bridgehead atoms. The molecule has 0 radical (unpaired) electrons. The zero-order valence-electron chi connectivity index (χ0n) is 39.6. The van der Waals surface area contributed by atoms with Gasteiger partial charge in [0.2, 0.25) is 17.6 Å². The minimum Gasteiger partial charge on any atom is -0.506 e. The topological polar surface area (TPSA) is 102 Å². The number of nitrogens with zero attached hydrogens (tertiary/aromatic N) is 3. The molecule has 8 nitrogen and oxygen atoms in total. The van der Waals surface area contributed by atoms with Crippen LogP contribution >= 0.6 is 0 Å². The van der Waals surface area contributed by atoms with E-state index in [1.54, 1.807) is 0 Å². The van der Waals surface area contributed by atoms with Gasteiger partial charge >= 0.3 is 0 Å². The second-order valence-electron chi connectivity index (χ2n) is 17.4. The van der Waals surface area contributed by atoms with Gasteiger partial charge in [0, 0.05) is 59.7 Å². The van der Waals surface area contributed by atoms with E-state index >= 15 is 0 Å². The van der Waals surface area contributed by atoms with E-state index in [0.29, 0.717) is 35.4 Å². The van der Waals surface area contributed by atoms with Crippen LogP contribution in [-0.4, -0.2) is 52.9 Å². The minimum atomic E-state index is -0.334. The quantitative estimate of drug-likeness (QED) is 0.0686. The highest BCUT2D eigenvalue weighted by molar-refractivity contribution is 6.42. The summed E-state index contributed by atoms with van der Waals surface area (Å²) in [5.41, 5.74) is 6.24. The van der Waals surface area contributed by atoms with Crippen LogP contribution in [0, 0.1) is 18.8 Å². The summed E-state index contributed by atoms with van der Waals surface area (Å²) < 4.78 is 0. The molecule has 338 valence electrons. The number of aliphatic hydroxyl groups excluding tert-OH is 1. The molecule has 2 aliphatic rings. The molecule has 8 heteroatoms. The maximum atomic E-state index is 14.6. The number of aliphatic imine (C=N–C) groups is 1. The molecule has 62 heavy (non-hydrogen) atoms. The van der Waals surface area contributed by atoms with Gasteiger partial charge in [0.1, 0.15) is 5.76 Å². The first-order chi connectivity index (χ1) is 30.1. The lowest BCUT2D eigenvalue weighted by atomic mass is 9.78. The fraction of sp³-hybridized carbons (Fsp3) is 0.556. The smallest absolute Gasteiger partial charge is 0.249 e. The first-order valence-corrected chi connectivity index (χ1v) is 24.4. The van der Waals surface area contributed by atoms with E-state index in [1.807, 2.05) is 50.3 Å². The molecule has 2 N–H and O–H groups in total. The molecule has 2 unspecified atom stereocenters. The molecule has 0 heterocycles. The van der Waals surface area contributed by atoms with E-state index in [4.69, 9.17) is 4.99 Å². The maximum absolute atomic E-state index is 14.6. The normalized spacial score (nSPS) is 16.6. The average Bonchev–Trinajstić information content (AvgIpc) is 3.27. The van der Waals surface area contributed by atoms with Crippen LogP contribution in [0.4, 0.5) is 17.1 Å². The van der Waals surface area contributed by atoms with E-state index in [-0.39, 0.29) is 46.3 Å². The third kappa shape index (κ3) is 13.4. The van der Waals surface area contributed by atoms with Crippen molar-refractivity contribution >= 4 is 45.9 Å². The first-order valence-electron chi connectivity index (χ1n) is 24.4. The van der Waals surface area contributed by atoms with Gasteiger partial charge in [-0.3, -0.25) is 14.4 Å². The molecular weight excluding hydrogens is 769 g/mol. The summed E-state index contributed by atoms with van der Waals surface area (Å²) in [6.07, 6.45) is 22.4. The van der Waals surface area contributed by atoms with Crippen molar-refractivity contribution in [3.8, 4) is 0 Å². The number of nitrogens with one attached hydrogen (secondary N) is 1. The molecule has 2 aliphatic carbocycles. The fourth-order valence-corrected chi connectivity index (χ4v) is 8.44. The second kappa shape index (κ2) is 26.0. The molecule has 2 atom stereocenters. The van der Waals surface area contributed by atoms with Crippen LogP contribution in [0.3, 0.4) is 0 Å². The Morgan fingerprint density at radius 2 is 1.24 bits per heavy atom. The number of hydrogen-bond acceptors (Lipinski definition) is 6. The Bertz CT molecular complexity index is 1940. The monoisotopic (exact) mass is 847 g/mol. The van der Waals surface area contributed by atoms with Crippen molar-refractivity contribution in [2.24, 2.45) is 16.8 Å². The molecular formula is C54H78N4O4. The molecule has 2 aromatic carbocycles. The van der Waals surface area contributed by atoms with Gasteiger partial charge in [-0.25, -0.2) is 4.99 Å². The van der Waals surface area contributed by atoms with Crippen LogP contribution in [0.2, 0.25) is 0 Å². The van der Waals surface area contributed by atoms with Crippen LogP contribution < -0.4 is 10.2 Å². The summed E-state index contributed by atoms with van der Waals surface area (Å²) in [5.74, 6) is -1.15. The van der Waals surface area contributed by atoms with Crippen molar-refractivity contribution < 1.29 is 19.5 Å². The number of carbonyl (C=O) groups is 3. The molecule has 0 fully saturated rings. The molecule has 0 saturated carbocycles. The summed E-state index contributed by atoms with van der Waals surface area (Å²) in [4.78, 5) is 51.9. The fourth-order valence-electron chi connectivity index (χ4n) is 8.44. The van der Waals surface area contributed by atoms with Crippen LogP contribution in [-0.2, 0) is 14.4 Å². The van der Waals surface area contributed by atoms with Crippen LogP contribution in [0.1, 0.15) is 169 Å². The number of hydrogen-bond donors (Lipinski definition) is 2. The predicted molar refractivity (Wildman–Crippen MR) is 261 cm³/mol. The Labute approximate surface area is 374 Å². The van der Waals surface area contributed by atoms with Crippen LogP contribution in [0.25, 0.3) is 5.57 Å². The van der Waals surface area contributed by atoms with Crippen molar-refractivity contribution in [2.45, 2.75) is 165 Å². The maximum Gasteiger partial charge on any atom is 0.249 e. The number of rotatable bonds is 27. The number of aliphatic hydroxyl groups is 1. The Balaban J connectivity index is 1.87. The van der Waals surface area contributed by atoms with Crippen LogP contribution in [0.5, 0.6) is 0 Å². The van der Waals surface area contributed by atoms with Gasteiger partial charge in [0.05, 0.1) is 22.5 Å². The molecule has 0 saturated heterocycles. The van der Waals surface area contributed by atoms with Gasteiger partial charge in [0.25, 0.3) is 0 Å². The van der Waals surface area contributed by atoms with Crippen molar-refractivity contribution in [3.63, 3.8) is 0 Å². The number of anilines is 3. The van der Waals surface area contributed by atoms with Gasteiger partial charge in [-0.15, -0.1) is 0 Å². The van der Waals surface area contributed by atoms with Crippen molar-refractivity contribution in [3.05, 3.63) is 94.4 Å². The predicted octanol–water partition coefficient (Wildman–Crippen LogP) is 13.9. The second-order valence-corrected chi connectivity index (χ2v) is 17.4. The van der Waals surface area contributed by atoms with Gasteiger partial charge in [-0.1, -0.05) is 130 Å². The van der Waals surface area contributed by atoms with Gasteiger partial charge in [0.15, 0.2) is 0 Å². The number of aryl methyl sites for hydroxylation is 1. The average molecular weight is 847 g/mol. The molecule has 0 aromatic heterocycles. The van der Waals surface area contributed by atoms with E-state index < -0.39 is 0 Å². The Hall–Kier alpha value is -4.72. The number of carbonyl (C=O) groups excluding carboxylic acids is 3. The first kappa shape index (κ1) is 49.9. The van der Waals surface area contributed by atoms with Crippen LogP contribution in [0.15, 0.2) is 88.3 Å². The van der Waals surface area contributed by atoms with E-state index in [2.05, 4.69) is 80.9 Å². The van der Waals surface area contributed by atoms with Crippen molar-refractivity contribution in [2.75, 3.05) is 29.9 Å². The number of ketones is 1. The lowest BCUT2D eigenvalue weighted by Crippen LogP contribution is -2.30. The summed E-state index contributed by atoms with van der Waals surface area (Å²) >= 11 is 0. The Morgan fingerprint density at radius 3 is 1.81 bits per heavy atom. The van der Waals surface area contributed by atoms with Gasteiger partial charge in [-0.2, -0.15) is 0 Å². The van der Waals surface area contributed by atoms with E-state index in [0.717, 1.165) is 133 Å². The SMILES string of the molecule is CCCCCN(CCCCC)C1=CC(=NC(=O)C(CC)CCCC)C(=C2C(=O)C(c3ccc(N(CCCCC)c4ccc(C)cc4)cc3NC(=O)C(CC)CCCC)=C2O)C=C1. The van der Waals surface area contributed by atoms with E-state index in [9.17, 15) is 19.5 Å². The highest BCUT2D eigenvalue weighted by atomic mass is 16.3.